The van der Waals surface area contributed by atoms with Gasteiger partial charge in [-0.15, -0.1) is 0 Å². The number of nitrogens with zero attached hydrogens (tertiary/aromatic N) is 1. The molecule has 3 aliphatic heterocycles. The van der Waals surface area contributed by atoms with Crippen LogP contribution < -0.4 is 0 Å². The first-order valence-corrected chi connectivity index (χ1v) is 8.93. The molecule has 0 N–H and O–H groups in total. The second-order valence-electron chi connectivity index (χ2n) is 6.46. The first-order chi connectivity index (χ1) is 11.5. The number of carbonyl (C=O) groups excluding carboxylic acids is 1. The van der Waals surface area contributed by atoms with Gasteiger partial charge in [0.1, 0.15) is 5.17 Å². The lowest BCUT2D eigenvalue weighted by atomic mass is 9.66. The van der Waals surface area contributed by atoms with E-state index in [1.807, 2.05) is 61.5 Å². The maximum Gasteiger partial charge on any atom is 0.340 e. The summed E-state index contributed by atoms with van der Waals surface area (Å²) < 4.78 is 6.70. The Hall–Kier alpha value is -1.65. The number of fused-ring (bicyclic) bond motifs is 2. The van der Waals surface area contributed by atoms with Crippen LogP contribution >= 0.6 is 27.5 Å². The first-order valence-electron chi connectivity index (χ1n) is 7.76. The van der Waals surface area contributed by atoms with E-state index >= 15 is 0 Å². The summed E-state index contributed by atoms with van der Waals surface area (Å²) in [5.41, 5.74) is -0.114. The van der Waals surface area contributed by atoms with Gasteiger partial charge in [0, 0.05) is 16.8 Å². The molecule has 3 nitrogen and oxygen atoms in total. The molecule has 3 aliphatic rings. The van der Waals surface area contributed by atoms with Gasteiger partial charge in [0.15, 0.2) is 11.1 Å². The standard InChI is InChI=1S/C19H15BrClNO2/c1-18-11-15(12-7-9-14(20)10-8-12)19(17(23)24-18,22-16(18)21)13-5-3-2-4-6-13/h2-10,15H,11H2,1H3/t15-,18+,19+/m1/s1. The van der Waals surface area contributed by atoms with Crippen LogP contribution in [0.5, 0.6) is 0 Å². The fourth-order valence-corrected chi connectivity index (χ4v) is 4.17. The number of rotatable bonds is 2. The van der Waals surface area contributed by atoms with Crippen molar-refractivity contribution >= 4 is 38.7 Å². The number of hydrogen-bond acceptors (Lipinski definition) is 3. The summed E-state index contributed by atoms with van der Waals surface area (Å²) >= 11 is 9.86. The van der Waals surface area contributed by atoms with Gasteiger partial charge in [0.05, 0.1) is 0 Å². The summed E-state index contributed by atoms with van der Waals surface area (Å²) in [5, 5.41) is 0.360. The second kappa shape index (κ2) is 5.43. The quantitative estimate of drug-likeness (QED) is 0.675. The van der Waals surface area contributed by atoms with Gasteiger partial charge in [-0.25, -0.2) is 9.79 Å². The van der Waals surface area contributed by atoms with Crippen LogP contribution in [0.3, 0.4) is 0 Å². The summed E-state index contributed by atoms with van der Waals surface area (Å²) in [7, 11) is 0. The van der Waals surface area contributed by atoms with E-state index in [1.165, 1.54) is 0 Å². The third-order valence-corrected chi connectivity index (χ3v) is 5.94. The molecule has 122 valence electrons. The summed E-state index contributed by atoms with van der Waals surface area (Å²) in [4.78, 5) is 17.7. The zero-order chi connectivity index (χ0) is 16.9. The average molecular weight is 405 g/mol. The molecule has 2 aromatic carbocycles. The molecule has 5 heteroatoms. The van der Waals surface area contributed by atoms with Crippen molar-refractivity contribution in [3.05, 3.63) is 70.2 Å². The fraction of sp³-hybridized carbons (Fsp3) is 0.263. The van der Waals surface area contributed by atoms with Crippen LogP contribution in [0.1, 0.15) is 30.4 Å². The number of aliphatic imine (C=N–C) groups is 1. The van der Waals surface area contributed by atoms with Crippen molar-refractivity contribution in [2.45, 2.75) is 30.4 Å². The van der Waals surface area contributed by atoms with Gasteiger partial charge in [-0.1, -0.05) is 70.0 Å². The highest BCUT2D eigenvalue weighted by molar-refractivity contribution is 9.10. The fourth-order valence-electron chi connectivity index (χ4n) is 3.66. The predicted molar refractivity (Wildman–Crippen MR) is 97.4 cm³/mol. The van der Waals surface area contributed by atoms with Crippen molar-refractivity contribution in [3.8, 4) is 0 Å². The SMILES string of the molecule is C[C@]12C[C@H](c3ccc(Br)cc3)[C@](c3ccccc3)(N=C1Cl)C(=O)O2. The van der Waals surface area contributed by atoms with Crippen molar-refractivity contribution in [1.29, 1.82) is 0 Å². The molecule has 24 heavy (non-hydrogen) atoms. The molecule has 0 aliphatic carbocycles. The highest BCUT2D eigenvalue weighted by Gasteiger charge is 2.62. The van der Waals surface area contributed by atoms with Crippen LogP contribution in [0.4, 0.5) is 0 Å². The Labute approximate surface area is 153 Å². The maximum absolute atomic E-state index is 13.0. The Kier molecular flexibility index (Phi) is 3.59. The number of halogens is 2. The topological polar surface area (TPSA) is 38.7 Å². The molecule has 0 aromatic heterocycles. The van der Waals surface area contributed by atoms with E-state index in [-0.39, 0.29) is 11.9 Å². The summed E-state index contributed by atoms with van der Waals surface area (Å²) in [6.07, 6.45) is 0.609. The monoisotopic (exact) mass is 403 g/mol. The number of ether oxygens (including phenoxy) is 1. The van der Waals surface area contributed by atoms with Crippen molar-refractivity contribution in [3.63, 3.8) is 0 Å². The highest BCUT2D eigenvalue weighted by Crippen LogP contribution is 2.55. The summed E-state index contributed by atoms with van der Waals surface area (Å²) in [5.74, 6) is -0.457. The van der Waals surface area contributed by atoms with Gasteiger partial charge in [-0.2, -0.15) is 0 Å². The zero-order valence-electron chi connectivity index (χ0n) is 13.0. The van der Waals surface area contributed by atoms with E-state index in [9.17, 15) is 4.79 Å². The Balaban J connectivity index is 1.96. The van der Waals surface area contributed by atoms with Crippen LogP contribution in [-0.4, -0.2) is 16.7 Å². The molecule has 0 amide bonds. The number of hydrogen-bond donors (Lipinski definition) is 0. The minimum atomic E-state index is -1.12. The Morgan fingerprint density at radius 3 is 2.50 bits per heavy atom. The molecule has 1 fully saturated rings. The van der Waals surface area contributed by atoms with Crippen LogP contribution in [-0.2, 0) is 15.1 Å². The minimum absolute atomic E-state index is 0.123. The highest BCUT2D eigenvalue weighted by atomic mass is 79.9. The van der Waals surface area contributed by atoms with Crippen LogP contribution in [0.25, 0.3) is 0 Å². The van der Waals surface area contributed by atoms with E-state index in [0.717, 1.165) is 15.6 Å². The molecule has 2 bridgehead atoms. The van der Waals surface area contributed by atoms with Gasteiger partial charge in [0.25, 0.3) is 0 Å². The van der Waals surface area contributed by atoms with Crippen LogP contribution in [0.2, 0.25) is 0 Å². The smallest absolute Gasteiger partial charge is 0.340 e. The van der Waals surface area contributed by atoms with E-state index in [0.29, 0.717) is 11.6 Å². The molecule has 0 unspecified atom stereocenters. The molecule has 0 radical (unpaired) electrons. The summed E-state index contributed by atoms with van der Waals surface area (Å²) in [6, 6.07) is 17.6. The molecular weight excluding hydrogens is 390 g/mol. The molecular formula is C19H15BrClNO2. The van der Waals surface area contributed by atoms with Gasteiger partial charge in [-0.3, -0.25) is 0 Å². The number of carbonyl (C=O) groups is 1. The molecule has 3 heterocycles. The summed E-state index contributed by atoms with van der Waals surface area (Å²) in [6.45, 7) is 1.83. The first kappa shape index (κ1) is 15.9. The van der Waals surface area contributed by atoms with Crippen molar-refractivity contribution < 1.29 is 9.53 Å². The second-order valence-corrected chi connectivity index (χ2v) is 7.74. The van der Waals surface area contributed by atoms with Crippen molar-refractivity contribution in [2.24, 2.45) is 4.99 Å². The van der Waals surface area contributed by atoms with Crippen molar-refractivity contribution in [2.75, 3.05) is 0 Å². The average Bonchev–Trinajstić information content (AvgIpc) is 2.58. The van der Waals surface area contributed by atoms with E-state index in [1.54, 1.807) is 0 Å². The Bertz CT molecular complexity index is 836. The van der Waals surface area contributed by atoms with E-state index in [2.05, 4.69) is 20.9 Å². The van der Waals surface area contributed by atoms with E-state index in [4.69, 9.17) is 16.3 Å². The maximum atomic E-state index is 13.0. The lowest BCUT2D eigenvalue weighted by Crippen LogP contribution is -2.60. The molecule has 5 rings (SSSR count). The predicted octanol–water partition coefficient (Wildman–Crippen LogP) is 4.78. The Morgan fingerprint density at radius 1 is 1.17 bits per heavy atom. The molecule has 1 saturated heterocycles. The minimum Gasteiger partial charge on any atom is -0.450 e. The normalized spacial score (nSPS) is 31.5. The third kappa shape index (κ3) is 2.16. The number of esters is 1. The Morgan fingerprint density at radius 2 is 1.83 bits per heavy atom. The van der Waals surface area contributed by atoms with Gasteiger partial charge < -0.3 is 4.74 Å². The molecule has 2 aromatic rings. The van der Waals surface area contributed by atoms with Crippen molar-refractivity contribution in [1.82, 2.24) is 0 Å². The van der Waals surface area contributed by atoms with Gasteiger partial charge in [0.2, 0.25) is 0 Å². The van der Waals surface area contributed by atoms with Gasteiger partial charge in [-0.05, 0) is 30.2 Å². The van der Waals surface area contributed by atoms with Crippen LogP contribution in [0.15, 0.2) is 64.1 Å². The lowest BCUT2D eigenvalue weighted by molar-refractivity contribution is -0.172. The molecule has 0 spiro atoms. The number of benzene rings is 2. The molecule has 0 saturated carbocycles. The molecule has 3 atom stereocenters. The van der Waals surface area contributed by atoms with E-state index < -0.39 is 11.1 Å². The van der Waals surface area contributed by atoms with Crippen LogP contribution in [0, 0.1) is 0 Å². The zero-order valence-corrected chi connectivity index (χ0v) is 15.3. The van der Waals surface area contributed by atoms with Gasteiger partial charge >= 0.3 is 5.97 Å². The third-order valence-electron chi connectivity index (χ3n) is 4.92. The largest absolute Gasteiger partial charge is 0.450 e. The lowest BCUT2D eigenvalue weighted by Gasteiger charge is -2.51.